The first-order chi connectivity index (χ1) is 8.72. The standard InChI is InChI=1S/C12H9ClN2O3/c13-6-10(16)14-9-7-18-15-11(9)12(17)8-4-2-1-3-5-8/h1-5,7H,6H2,(H,14,16). The van der Waals surface area contributed by atoms with E-state index in [1.165, 1.54) is 6.26 Å². The van der Waals surface area contributed by atoms with Crippen LogP contribution in [0.5, 0.6) is 0 Å². The zero-order valence-corrected chi connectivity index (χ0v) is 9.98. The fourth-order valence-corrected chi connectivity index (χ4v) is 1.47. The number of aromatic nitrogens is 1. The van der Waals surface area contributed by atoms with E-state index in [0.29, 0.717) is 5.56 Å². The minimum atomic E-state index is -0.429. The maximum atomic E-state index is 12.1. The molecule has 2 aromatic rings. The summed E-state index contributed by atoms with van der Waals surface area (Å²) in [5, 5.41) is 6.04. The normalized spacial score (nSPS) is 10.1. The van der Waals surface area contributed by atoms with Crippen LogP contribution < -0.4 is 5.32 Å². The van der Waals surface area contributed by atoms with Crippen LogP contribution in [0, 0.1) is 0 Å². The van der Waals surface area contributed by atoms with Crippen molar-refractivity contribution in [2.45, 2.75) is 0 Å². The van der Waals surface area contributed by atoms with Crippen LogP contribution in [0.1, 0.15) is 16.1 Å². The Morgan fingerprint density at radius 3 is 2.67 bits per heavy atom. The van der Waals surface area contributed by atoms with Gasteiger partial charge in [-0.2, -0.15) is 0 Å². The number of carbonyl (C=O) groups is 2. The Balaban J connectivity index is 2.27. The third-order valence-electron chi connectivity index (χ3n) is 2.22. The van der Waals surface area contributed by atoms with Crippen molar-refractivity contribution in [1.29, 1.82) is 0 Å². The van der Waals surface area contributed by atoms with Crippen molar-refractivity contribution in [3.63, 3.8) is 0 Å². The molecule has 0 unspecified atom stereocenters. The number of nitrogens with zero attached hydrogens (tertiary/aromatic N) is 1. The number of amides is 1. The number of alkyl halides is 1. The molecule has 0 aliphatic heterocycles. The van der Waals surface area contributed by atoms with Crippen molar-refractivity contribution in [3.8, 4) is 0 Å². The van der Waals surface area contributed by atoms with Gasteiger partial charge in [0.1, 0.15) is 17.8 Å². The highest BCUT2D eigenvalue weighted by Gasteiger charge is 2.19. The first kappa shape index (κ1) is 12.3. The fraction of sp³-hybridized carbons (Fsp3) is 0.0833. The number of halogens is 1. The average Bonchev–Trinajstić information content (AvgIpc) is 2.86. The molecule has 18 heavy (non-hydrogen) atoms. The van der Waals surface area contributed by atoms with Crippen molar-refractivity contribution in [2.24, 2.45) is 0 Å². The molecule has 0 spiro atoms. The first-order valence-electron chi connectivity index (χ1n) is 5.12. The van der Waals surface area contributed by atoms with Gasteiger partial charge in [-0.25, -0.2) is 0 Å². The van der Waals surface area contributed by atoms with E-state index >= 15 is 0 Å². The average molecular weight is 265 g/mol. The molecule has 0 radical (unpaired) electrons. The molecule has 1 aromatic heterocycles. The summed E-state index contributed by atoms with van der Waals surface area (Å²) < 4.78 is 4.71. The lowest BCUT2D eigenvalue weighted by Gasteiger charge is -2.01. The lowest BCUT2D eigenvalue weighted by Crippen LogP contribution is -2.15. The summed E-state index contributed by atoms with van der Waals surface area (Å²) >= 11 is 5.37. The van der Waals surface area contributed by atoms with E-state index in [-0.39, 0.29) is 23.0 Å². The molecule has 1 heterocycles. The number of anilines is 1. The largest absolute Gasteiger partial charge is 0.362 e. The smallest absolute Gasteiger partial charge is 0.239 e. The van der Waals surface area contributed by atoms with Crippen molar-refractivity contribution >= 4 is 29.0 Å². The van der Waals surface area contributed by atoms with Crippen molar-refractivity contribution in [2.75, 3.05) is 11.2 Å². The molecular weight excluding hydrogens is 256 g/mol. The van der Waals surface area contributed by atoms with Crippen molar-refractivity contribution < 1.29 is 14.1 Å². The van der Waals surface area contributed by atoms with E-state index in [2.05, 4.69) is 10.5 Å². The quantitative estimate of drug-likeness (QED) is 0.678. The molecule has 0 bridgehead atoms. The topological polar surface area (TPSA) is 72.2 Å². The summed E-state index contributed by atoms with van der Waals surface area (Å²) in [6.07, 6.45) is 1.20. The molecule has 1 N–H and O–H groups in total. The highest BCUT2D eigenvalue weighted by molar-refractivity contribution is 6.29. The van der Waals surface area contributed by atoms with E-state index in [4.69, 9.17) is 16.1 Å². The molecule has 0 saturated heterocycles. The van der Waals surface area contributed by atoms with Gasteiger partial charge in [0.05, 0.1) is 0 Å². The van der Waals surface area contributed by atoms with E-state index in [1.54, 1.807) is 30.3 Å². The molecule has 2 rings (SSSR count). The Morgan fingerprint density at radius 2 is 2.00 bits per heavy atom. The number of benzene rings is 1. The third kappa shape index (κ3) is 2.57. The molecular formula is C12H9ClN2O3. The fourth-order valence-electron chi connectivity index (χ4n) is 1.40. The number of carbonyl (C=O) groups excluding carboxylic acids is 2. The van der Waals surface area contributed by atoms with Gasteiger partial charge < -0.3 is 9.84 Å². The van der Waals surface area contributed by atoms with Crippen LogP contribution >= 0.6 is 11.6 Å². The second kappa shape index (κ2) is 5.46. The number of nitrogens with one attached hydrogen (secondary N) is 1. The van der Waals surface area contributed by atoms with Crippen molar-refractivity contribution in [1.82, 2.24) is 5.16 Å². The van der Waals surface area contributed by atoms with Gasteiger partial charge in [0.25, 0.3) is 0 Å². The van der Waals surface area contributed by atoms with Crippen LogP contribution in [0.3, 0.4) is 0 Å². The zero-order valence-electron chi connectivity index (χ0n) is 9.22. The lowest BCUT2D eigenvalue weighted by atomic mass is 10.1. The Kier molecular flexibility index (Phi) is 3.74. The predicted molar refractivity (Wildman–Crippen MR) is 65.7 cm³/mol. The summed E-state index contributed by atoms with van der Waals surface area (Å²) in [7, 11) is 0. The molecule has 0 fully saturated rings. The molecule has 0 saturated carbocycles. The monoisotopic (exact) mass is 264 g/mol. The van der Waals surface area contributed by atoms with Crippen LogP contribution in [-0.2, 0) is 4.79 Å². The second-order valence-corrected chi connectivity index (χ2v) is 3.72. The maximum Gasteiger partial charge on any atom is 0.239 e. The van der Waals surface area contributed by atoms with Gasteiger partial charge in [0.15, 0.2) is 5.69 Å². The molecule has 1 amide bonds. The molecule has 92 valence electrons. The Morgan fingerprint density at radius 1 is 1.28 bits per heavy atom. The van der Waals surface area contributed by atoms with Crippen LogP contribution in [-0.4, -0.2) is 22.7 Å². The Labute approximate surface area is 108 Å². The van der Waals surface area contributed by atoms with E-state index in [9.17, 15) is 9.59 Å². The Hall–Kier alpha value is -2.14. The predicted octanol–water partition coefficient (Wildman–Crippen LogP) is 2.08. The van der Waals surface area contributed by atoms with Gasteiger partial charge in [0, 0.05) is 5.56 Å². The van der Waals surface area contributed by atoms with E-state index in [1.807, 2.05) is 0 Å². The molecule has 5 nitrogen and oxygen atoms in total. The minimum Gasteiger partial charge on any atom is -0.362 e. The van der Waals surface area contributed by atoms with Crippen molar-refractivity contribution in [3.05, 3.63) is 47.9 Å². The van der Waals surface area contributed by atoms with Gasteiger partial charge in [-0.05, 0) is 0 Å². The number of rotatable bonds is 4. The summed E-state index contributed by atoms with van der Waals surface area (Å²) in [6.45, 7) is 0. The van der Waals surface area contributed by atoms with Crippen LogP contribution in [0.25, 0.3) is 0 Å². The van der Waals surface area contributed by atoms with E-state index < -0.39 is 5.91 Å². The highest BCUT2D eigenvalue weighted by Crippen LogP contribution is 2.17. The minimum absolute atomic E-state index is 0.0552. The molecule has 6 heteroatoms. The highest BCUT2D eigenvalue weighted by atomic mass is 35.5. The van der Waals surface area contributed by atoms with Gasteiger partial charge in [-0.15, -0.1) is 11.6 Å². The summed E-state index contributed by atoms with van der Waals surface area (Å²) in [5.41, 5.74) is 0.738. The van der Waals surface area contributed by atoms with Gasteiger partial charge in [0.2, 0.25) is 11.7 Å². The van der Waals surface area contributed by atoms with Crippen LogP contribution in [0.4, 0.5) is 5.69 Å². The van der Waals surface area contributed by atoms with Gasteiger partial charge in [-0.3, -0.25) is 9.59 Å². The van der Waals surface area contributed by atoms with E-state index in [0.717, 1.165) is 0 Å². The maximum absolute atomic E-state index is 12.1. The number of ketones is 1. The molecule has 0 atom stereocenters. The molecule has 0 aliphatic rings. The van der Waals surface area contributed by atoms with Gasteiger partial charge >= 0.3 is 0 Å². The summed E-state index contributed by atoms with van der Waals surface area (Å²) in [4.78, 5) is 23.3. The zero-order chi connectivity index (χ0) is 13.0. The Bertz CT molecular complexity index is 566. The lowest BCUT2D eigenvalue weighted by molar-refractivity contribution is -0.113. The third-order valence-corrected chi connectivity index (χ3v) is 2.46. The summed E-state index contributed by atoms with van der Waals surface area (Å²) in [6, 6.07) is 8.60. The molecule has 0 aliphatic carbocycles. The summed E-state index contributed by atoms with van der Waals surface area (Å²) in [5.74, 6) is -0.958. The number of hydrogen-bond acceptors (Lipinski definition) is 4. The van der Waals surface area contributed by atoms with Crippen LogP contribution in [0.2, 0.25) is 0 Å². The van der Waals surface area contributed by atoms with Crippen LogP contribution in [0.15, 0.2) is 41.1 Å². The SMILES string of the molecule is O=C(CCl)Nc1conc1C(=O)c1ccccc1. The number of hydrogen-bond donors (Lipinski definition) is 1. The molecule has 1 aromatic carbocycles. The van der Waals surface area contributed by atoms with Gasteiger partial charge in [-0.1, -0.05) is 35.5 Å². The second-order valence-electron chi connectivity index (χ2n) is 3.45. The first-order valence-corrected chi connectivity index (χ1v) is 5.65.